The Labute approximate surface area is 279 Å². The van der Waals surface area contributed by atoms with Gasteiger partial charge in [-0.3, -0.25) is 9.59 Å². The van der Waals surface area contributed by atoms with E-state index in [9.17, 15) is 14.4 Å². The molecule has 2 amide bonds. The van der Waals surface area contributed by atoms with E-state index in [1.165, 1.54) is 42.8 Å². The second-order valence-corrected chi connectivity index (χ2v) is 13.3. The highest BCUT2D eigenvalue weighted by atomic mass is 16.5. The van der Waals surface area contributed by atoms with E-state index in [0.29, 0.717) is 43.2 Å². The molecule has 2 saturated carbocycles. The minimum Gasteiger partial charge on any atom is -0.497 e. The maximum absolute atomic E-state index is 13.9. The minimum absolute atomic E-state index is 0.223. The van der Waals surface area contributed by atoms with Crippen LogP contribution in [0.2, 0.25) is 0 Å². The molecule has 248 valence electrons. The van der Waals surface area contributed by atoms with Gasteiger partial charge < -0.3 is 29.8 Å². The fourth-order valence-corrected chi connectivity index (χ4v) is 7.49. The Kier molecular flexibility index (Phi) is 8.45. The number of hydrogen-bond acceptors (Lipinski definition) is 5. The van der Waals surface area contributed by atoms with E-state index >= 15 is 0 Å². The van der Waals surface area contributed by atoms with Crippen LogP contribution in [0.1, 0.15) is 85.7 Å². The number of amides is 2. The molecule has 4 aromatic rings. The van der Waals surface area contributed by atoms with Crippen LogP contribution in [0.4, 0.5) is 5.69 Å². The van der Waals surface area contributed by atoms with Crippen molar-refractivity contribution < 1.29 is 29.0 Å². The highest BCUT2D eigenvalue weighted by Crippen LogP contribution is 2.48. The number of nitrogens with zero attached hydrogens (tertiary/aromatic N) is 1. The second kappa shape index (κ2) is 12.9. The van der Waals surface area contributed by atoms with E-state index in [1.54, 1.807) is 37.5 Å². The van der Waals surface area contributed by atoms with Gasteiger partial charge in [-0.1, -0.05) is 37.5 Å². The lowest BCUT2D eigenvalue weighted by Crippen LogP contribution is -2.61. The van der Waals surface area contributed by atoms with Gasteiger partial charge in [-0.05, 0) is 98.5 Å². The molecule has 0 atom stereocenters. The lowest BCUT2D eigenvalue weighted by molar-refractivity contribution is -0.132. The first kappa shape index (κ1) is 31.5. The molecule has 48 heavy (non-hydrogen) atoms. The number of aliphatic carboxylic acids is 1. The van der Waals surface area contributed by atoms with Crippen molar-refractivity contribution in [2.24, 2.45) is 0 Å². The van der Waals surface area contributed by atoms with E-state index < -0.39 is 11.5 Å². The maximum Gasteiger partial charge on any atom is 0.331 e. The summed E-state index contributed by atoms with van der Waals surface area (Å²) in [7, 11) is 1.66. The summed E-state index contributed by atoms with van der Waals surface area (Å²) >= 11 is 0. The van der Waals surface area contributed by atoms with Gasteiger partial charge in [0.1, 0.15) is 23.6 Å². The van der Waals surface area contributed by atoms with Gasteiger partial charge in [-0.15, -0.1) is 0 Å². The number of carboxylic acid groups (broad SMARTS) is 1. The molecule has 0 bridgehead atoms. The number of methoxy groups -OCH3 is 1. The molecule has 3 aromatic carbocycles. The highest BCUT2D eigenvalue weighted by molar-refractivity contribution is 6.06. The number of anilines is 1. The van der Waals surface area contributed by atoms with Crippen molar-refractivity contribution in [2.45, 2.75) is 76.3 Å². The number of rotatable bonds is 8. The van der Waals surface area contributed by atoms with Crippen LogP contribution in [0, 0.1) is 0 Å². The minimum atomic E-state index is -1.00. The van der Waals surface area contributed by atoms with Crippen LogP contribution in [0.25, 0.3) is 28.2 Å². The van der Waals surface area contributed by atoms with Gasteiger partial charge in [0.2, 0.25) is 5.91 Å². The summed E-state index contributed by atoms with van der Waals surface area (Å²) in [4.78, 5) is 38.6. The van der Waals surface area contributed by atoms with E-state index in [-0.39, 0.29) is 17.4 Å². The van der Waals surface area contributed by atoms with E-state index in [2.05, 4.69) is 27.3 Å². The molecule has 3 aliphatic rings. The molecule has 1 aromatic heterocycles. The van der Waals surface area contributed by atoms with Crippen molar-refractivity contribution in [3.63, 3.8) is 0 Å². The van der Waals surface area contributed by atoms with Crippen molar-refractivity contribution in [2.75, 3.05) is 19.0 Å². The summed E-state index contributed by atoms with van der Waals surface area (Å²) < 4.78 is 14.1. The van der Waals surface area contributed by atoms with Crippen molar-refractivity contribution in [3.8, 4) is 22.8 Å². The van der Waals surface area contributed by atoms with Gasteiger partial charge in [0.15, 0.2) is 0 Å². The van der Waals surface area contributed by atoms with Crippen LogP contribution in [0.5, 0.6) is 11.5 Å². The van der Waals surface area contributed by atoms with Gasteiger partial charge in [-0.2, -0.15) is 0 Å². The molecular weight excluding hydrogens is 606 g/mol. The lowest BCUT2D eigenvalue weighted by Gasteiger charge is -2.40. The number of benzene rings is 3. The smallest absolute Gasteiger partial charge is 0.331 e. The molecule has 0 unspecified atom stereocenters. The van der Waals surface area contributed by atoms with Gasteiger partial charge in [0.25, 0.3) is 5.91 Å². The van der Waals surface area contributed by atoms with Crippen LogP contribution < -0.4 is 20.1 Å². The van der Waals surface area contributed by atoms with Gasteiger partial charge >= 0.3 is 5.97 Å². The van der Waals surface area contributed by atoms with Gasteiger partial charge in [0, 0.05) is 39.4 Å². The standard InChI is InChI=1S/C39H41N3O6/c1-24(37(44)45)21-25-9-12-28(13-10-25)40-38(46)39(17-6-18-39)41-36(43)27-11-15-30-32(22-27)42-19-20-48-33-23-29(47-2)14-16-31(33)35(42)34(30)26-7-4-3-5-8-26/h9-16,21-23,26H,3-8,17-20H2,1-2H3,(H,40,46)(H,41,43)(H,44,45)/b24-21+. The third kappa shape index (κ3) is 5.82. The molecule has 1 aliphatic heterocycles. The molecular formula is C39H41N3O6. The average molecular weight is 648 g/mol. The maximum atomic E-state index is 13.9. The normalized spacial score (nSPS) is 17.2. The zero-order chi connectivity index (χ0) is 33.4. The number of nitrogens with one attached hydrogen (secondary N) is 2. The Morgan fingerprint density at radius 3 is 2.44 bits per heavy atom. The number of fused-ring (bicyclic) bond motifs is 5. The summed E-state index contributed by atoms with van der Waals surface area (Å²) in [6.45, 7) is 2.68. The zero-order valence-electron chi connectivity index (χ0n) is 27.4. The predicted octanol–water partition coefficient (Wildman–Crippen LogP) is 7.54. The molecule has 3 N–H and O–H groups in total. The summed E-state index contributed by atoms with van der Waals surface area (Å²) in [6, 6.07) is 19.0. The first-order valence-corrected chi connectivity index (χ1v) is 16.9. The van der Waals surface area contributed by atoms with Gasteiger partial charge in [0.05, 0.1) is 19.3 Å². The second-order valence-electron chi connectivity index (χ2n) is 13.3. The average Bonchev–Trinajstić information content (AvgIpc) is 3.28. The molecule has 0 radical (unpaired) electrons. The fraction of sp³-hybridized carbons (Fsp3) is 0.359. The fourth-order valence-electron chi connectivity index (χ4n) is 7.49. The SMILES string of the molecule is COc1ccc2c(c1)OCCn1c-2c(C2CCCCC2)c2ccc(C(=O)NC3(C(=O)Nc4ccc(/C=C(\C)C(=O)O)cc4)CCC3)cc21. The number of carboxylic acids is 1. The Morgan fingerprint density at radius 2 is 1.75 bits per heavy atom. The van der Waals surface area contributed by atoms with E-state index in [4.69, 9.17) is 14.6 Å². The molecule has 0 saturated heterocycles. The third-order valence-corrected chi connectivity index (χ3v) is 10.3. The summed E-state index contributed by atoms with van der Waals surface area (Å²) in [5, 5.41) is 16.4. The van der Waals surface area contributed by atoms with Crippen LogP contribution in [-0.4, -0.2) is 46.7 Å². The number of carbonyl (C=O) groups excluding carboxylic acids is 2. The summed E-state index contributed by atoms with van der Waals surface area (Å²) in [5.74, 6) is 0.482. The monoisotopic (exact) mass is 647 g/mol. The molecule has 2 heterocycles. The summed E-state index contributed by atoms with van der Waals surface area (Å²) in [5.41, 5.74) is 5.59. The van der Waals surface area contributed by atoms with Gasteiger partial charge in [-0.25, -0.2) is 4.79 Å². The van der Waals surface area contributed by atoms with Crippen LogP contribution in [-0.2, 0) is 16.1 Å². The van der Waals surface area contributed by atoms with E-state index in [0.717, 1.165) is 47.4 Å². The Bertz CT molecular complexity index is 1930. The van der Waals surface area contributed by atoms with Crippen LogP contribution >= 0.6 is 0 Å². The Morgan fingerprint density at radius 1 is 0.979 bits per heavy atom. The van der Waals surface area contributed by atoms with Crippen LogP contribution in [0.15, 0.2) is 66.2 Å². The van der Waals surface area contributed by atoms with E-state index in [1.807, 2.05) is 24.3 Å². The molecule has 0 spiro atoms. The number of carbonyl (C=O) groups is 3. The largest absolute Gasteiger partial charge is 0.497 e. The topological polar surface area (TPSA) is 119 Å². The number of hydrogen-bond donors (Lipinski definition) is 3. The first-order chi connectivity index (χ1) is 23.3. The first-order valence-electron chi connectivity index (χ1n) is 16.9. The van der Waals surface area contributed by atoms with Crippen molar-refractivity contribution >= 4 is 40.4 Å². The Hall–Kier alpha value is -5.05. The summed E-state index contributed by atoms with van der Waals surface area (Å²) in [6.07, 6.45) is 9.47. The Balaban J connectivity index is 1.18. The molecule has 2 aliphatic carbocycles. The van der Waals surface area contributed by atoms with Crippen molar-refractivity contribution in [1.29, 1.82) is 0 Å². The highest BCUT2D eigenvalue weighted by Gasteiger charge is 2.45. The number of ether oxygens (including phenoxy) is 2. The molecule has 9 nitrogen and oxygen atoms in total. The van der Waals surface area contributed by atoms with Crippen molar-refractivity contribution in [1.82, 2.24) is 9.88 Å². The molecule has 7 rings (SSSR count). The predicted molar refractivity (Wildman–Crippen MR) is 186 cm³/mol. The zero-order valence-corrected chi connectivity index (χ0v) is 27.4. The third-order valence-electron chi connectivity index (χ3n) is 10.3. The van der Waals surface area contributed by atoms with Crippen LogP contribution in [0.3, 0.4) is 0 Å². The molecule has 9 heteroatoms. The lowest BCUT2D eigenvalue weighted by atomic mass is 9.75. The number of aromatic nitrogens is 1. The quantitative estimate of drug-likeness (QED) is 0.170. The van der Waals surface area contributed by atoms with Crippen molar-refractivity contribution in [3.05, 3.63) is 82.9 Å². The molecule has 2 fully saturated rings.